The van der Waals surface area contributed by atoms with Gasteiger partial charge >= 0.3 is 0 Å². The highest BCUT2D eigenvalue weighted by Gasteiger charge is 2.47. The molecule has 2 fully saturated rings. The van der Waals surface area contributed by atoms with Crippen LogP contribution in [0, 0.1) is 17.8 Å². The van der Waals surface area contributed by atoms with Crippen LogP contribution in [-0.2, 0) is 4.79 Å². The summed E-state index contributed by atoms with van der Waals surface area (Å²) in [6.45, 7) is 0. The van der Waals surface area contributed by atoms with Crippen LogP contribution in [0.2, 0.25) is 0 Å². The van der Waals surface area contributed by atoms with Crippen LogP contribution in [0.25, 0.3) is 0 Å². The van der Waals surface area contributed by atoms with Crippen molar-refractivity contribution in [3.8, 4) is 0 Å². The second-order valence-corrected chi connectivity index (χ2v) is 3.89. The number of hydrogen-bond donors (Lipinski definition) is 2. The maximum absolute atomic E-state index is 10.8. The van der Waals surface area contributed by atoms with Gasteiger partial charge in [0.05, 0.1) is 0 Å². The second kappa shape index (κ2) is 2.21. The van der Waals surface area contributed by atoms with Gasteiger partial charge in [-0.05, 0) is 31.1 Å². The first-order chi connectivity index (χ1) is 5.18. The van der Waals surface area contributed by atoms with E-state index in [1.165, 1.54) is 0 Å². The minimum atomic E-state index is -0.133. The van der Waals surface area contributed by atoms with E-state index >= 15 is 0 Å². The monoisotopic (exact) mass is 154 g/mol. The Morgan fingerprint density at radius 1 is 1.27 bits per heavy atom. The molecule has 62 valence electrons. The van der Waals surface area contributed by atoms with E-state index in [-0.39, 0.29) is 11.8 Å². The molecule has 0 aliphatic heterocycles. The van der Waals surface area contributed by atoms with Crippen molar-refractivity contribution in [1.82, 2.24) is 0 Å². The zero-order valence-electron chi connectivity index (χ0n) is 6.49. The van der Waals surface area contributed by atoms with Crippen molar-refractivity contribution < 1.29 is 4.79 Å². The number of carbonyl (C=O) groups is 1. The van der Waals surface area contributed by atoms with E-state index in [4.69, 9.17) is 11.5 Å². The van der Waals surface area contributed by atoms with E-state index in [2.05, 4.69) is 0 Å². The number of fused-ring (bicyclic) bond motifs is 1. The van der Waals surface area contributed by atoms with E-state index < -0.39 is 0 Å². The Morgan fingerprint density at radius 3 is 2.45 bits per heavy atom. The lowest BCUT2D eigenvalue weighted by Crippen LogP contribution is -2.44. The van der Waals surface area contributed by atoms with Gasteiger partial charge < -0.3 is 11.5 Å². The quantitative estimate of drug-likeness (QED) is 0.551. The molecule has 0 aromatic heterocycles. The Labute approximate surface area is 66.1 Å². The van der Waals surface area contributed by atoms with Crippen LogP contribution in [0.1, 0.15) is 19.3 Å². The fraction of sp³-hybridized carbons (Fsp3) is 0.875. The lowest BCUT2D eigenvalue weighted by atomic mass is 9.72. The molecule has 0 heterocycles. The summed E-state index contributed by atoms with van der Waals surface area (Å²) in [5.41, 5.74) is 11.0. The van der Waals surface area contributed by atoms with Gasteiger partial charge in [-0.15, -0.1) is 0 Å². The Morgan fingerprint density at radius 2 is 2.00 bits per heavy atom. The van der Waals surface area contributed by atoms with Crippen LogP contribution in [0.3, 0.4) is 0 Å². The van der Waals surface area contributed by atoms with Gasteiger partial charge in [0, 0.05) is 12.0 Å². The van der Waals surface area contributed by atoms with Crippen molar-refractivity contribution in [3.63, 3.8) is 0 Å². The molecular formula is C8H14N2O. The normalized spacial score (nSPS) is 48.1. The largest absolute Gasteiger partial charge is 0.369 e. The van der Waals surface area contributed by atoms with Crippen LogP contribution in [0.15, 0.2) is 0 Å². The molecule has 0 saturated heterocycles. The molecule has 3 nitrogen and oxygen atoms in total. The van der Waals surface area contributed by atoms with Crippen LogP contribution < -0.4 is 11.5 Å². The number of nitrogens with two attached hydrogens (primary N) is 2. The molecule has 0 radical (unpaired) electrons. The van der Waals surface area contributed by atoms with E-state index in [0.717, 1.165) is 19.3 Å². The maximum atomic E-state index is 10.8. The van der Waals surface area contributed by atoms with Crippen molar-refractivity contribution in [2.45, 2.75) is 25.3 Å². The van der Waals surface area contributed by atoms with Crippen LogP contribution in [0.4, 0.5) is 0 Å². The number of primary amides is 1. The summed E-state index contributed by atoms with van der Waals surface area (Å²) in [6.07, 6.45) is 3.04. The molecule has 0 unspecified atom stereocenters. The van der Waals surface area contributed by atoms with Gasteiger partial charge in [-0.3, -0.25) is 4.79 Å². The highest BCUT2D eigenvalue weighted by Crippen LogP contribution is 2.48. The Bertz CT molecular complexity index is 193. The lowest BCUT2D eigenvalue weighted by Gasteiger charge is -2.37. The molecule has 2 aliphatic carbocycles. The van der Waals surface area contributed by atoms with Gasteiger partial charge in [-0.25, -0.2) is 0 Å². The summed E-state index contributed by atoms with van der Waals surface area (Å²) in [5.74, 6) is 1.31. The number of rotatable bonds is 1. The third-order valence-corrected chi connectivity index (χ3v) is 3.28. The minimum absolute atomic E-state index is 0.124. The number of carbonyl (C=O) groups excluding carboxylic acids is 1. The van der Waals surface area contributed by atoms with Gasteiger partial charge in [-0.2, -0.15) is 0 Å². The highest BCUT2D eigenvalue weighted by atomic mass is 16.1. The lowest BCUT2D eigenvalue weighted by molar-refractivity contribution is -0.121. The Balaban J connectivity index is 1.98. The fourth-order valence-electron chi connectivity index (χ4n) is 2.51. The first-order valence-corrected chi connectivity index (χ1v) is 4.23. The maximum Gasteiger partial charge on any atom is 0.220 e. The predicted molar refractivity (Wildman–Crippen MR) is 41.5 cm³/mol. The summed E-state index contributed by atoms with van der Waals surface area (Å²) < 4.78 is 0. The predicted octanol–water partition coefficient (Wildman–Crippen LogP) is -0.155. The SMILES string of the molecule is NC(=O)[C@@H]1C[C@H]2C[C@@H](N)[C@H]2C1. The van der Waals surface area contributed by atoms with Crippen LogP contribution in [0.5, 0.6) is 0 Å². The van der Waals surface area contributed by atoms with E-state index in [0.29, 0.717) is 17.9 Å². The van der Waals surface area contributed by atoms with Gasteiger partial charge in [0.25, 0.3) is 0 Å². The van der Waals surface area contributed by atoms with Gasteiger partial charge in [-0.1, -0.05) is 0 Å². The average molecular weight is 154 g/mol. The summed E-state index contributed by atoms with van der Waals surface area (Å²) in [5, 5.41) is 0. The number of amides is 1. The summed E-state index contributed by atoms with van der Waals surface area (Å²) >= 11 is 0. The molecule has 11 heavy (non-hydrogen) atoms. The van der Waals surface area contributed by atoms with E-state index in [1.54, 1.807) is 0 Å². The molecule has 2 rings (SSSR count). The van der Waals surface area contributed by atoms with Crippen LogP contribution >= 0.6 is 0 Å². The van der Waals surface area contributed by atoms with Crippen molar-refractivity contribution in [3.05, 3.63) is 0 Å². The molecule has 3 heteroatoms. The molecule has 2 saturated carbocycles. The third-order valence-electron chi connectivity index (χ3n) is 3.28. The molecule has 1 amide bonds. The Hall–Kier alpha value is -0.570. The summed E-state index contributed by atoms with van der Waals surface area (Å²) in [7, 11) is 0. The van der Waals surface area contributed by atoms with Crippen molar-refractivity contribution in [2.75, 3.05) is 0 Å². The molecular weight excluding hydrogens is 140 g/mol. The average Bonchev–Trinajstić information content (AvgIpc) is 2.26. The van der Waals surface area contributed by atoms with Crippen molar-refractivity contribution in [1.29, 1.82) is 0 Å². The van der Waals surface area contributed by atoms with E-state index in [9.17, 15) is 4.79 Å². The molecule has 0 aromatic carbocycles. The molecule has 0 bridgehead atoms. The summed E-state index contributed by atoms with van der Waals surface area (Å²) in [4.78, 5) is 10.8. The third kappa shape index (κ3) is 0.948. The first-order valence-electron chi connectivity index (χ1n) is 4.23. The first kappa shape index (κ1) is 7.10. The molecule has 4 atom stereocenters. The van der Waals surface area contributed by atoms with Crippen LogP contribution in [-0.4, -0.2) is 11.9 Å². The highest BCUT2D eigenvalue weighted by molar-refractivity contribution is 5.77. The second-order valence-electron chi connectivity index (χ2n) is 3.89. The van der Waals surface area contributed by atoms with Crippen molar-refractivity contribution in [2.24, 2.45) is 29.2 Å². The molecule has 0 spiro atoms. The zero-order chi connectivity index (χ0) is 8.01. The standard InChI is InChI=1S/C8H14N2O/c9-7-3-4-1-5(8(10)11)2-6(4)7/h4-7H,1-3,9H2,(H2,10,11)/t4-,5+,6-,7+/m0/s1. The van der Waals surface area contributed by atoms with Gasteiger partial charge in [0.1, 0.15) is 0 Å². The van der Waals surface area contributed by atoms with Gasteiger partial charge in [0.15, 0.2) is 0 Å². The fourth-order valence-corrected chi connectivity index (χ4v) is 2.51. The minimum Gasteiger partial charge on any atom is -0.369 e. The van der Waals surface area contributed by atoms with E-state index in [1.807, 2.05) is 0 Å². The van der Waals surface area contributed by atoms with Gasteiger partial charge in [0.2, 0.25) is 5.91 Å². The summed E-state index contributed by atoms with van der Waals surface area (Å²) in [6, 6.07) is 0.351. The Kier molecular flexibility index (Phi) is 1.42. The zero-order valence-corrected chi connectivity index (χ0v) is 6.49. The molecule has 2 aliphatic rings. The topological polar surface area (TPSA) is 69.1 Å². The number of hydrogen-bond acceptors (Lipinski definition) is 2. The van der Waals surface area contributed by atoms with Crippen molar-refractivity contribution >= 4 is 5.91 Å². The molecule has 0 aromatic rings. The smallest absolute Gasteiger partial charge is 0.220 e. The molecule has 4 N–H and O–H groups in total.